The van der Waals surface area contributed by atoms with Gasteiger partial charge in [-0.05, 0) is 46.7 Å². The van der Waals surface area contributed by atoms with Gasteiger partial charge >= 0.3 is 0 Å². The van der Waals surface area contributed by atoms with Crippen molar-refractivity contribution in [3.8, 4) is 5.75 Å². The first-order valence-electron chi connectivity index (χ1n) is 5.97. The Kier molecular flexibility index (Phi) is 5.52. The summed E-state index contributed by atoms with van der Waals surface area (Å²) in [5, 5.41) is 3.84. The Hall–Kier alpha value is -1.66. The zero-order valence-corrected chi connectivity index (χ0v) is 12.7. The maximum atomic E-state index is 12.4. The first kappa shape index (κ1) is 15.7. The van der Waals surface area contributed by atoms with Crippen LogP contribution < -0.4 is 4.74 Å². The summed E-state index contributed by atoms with van der Waals surface area (Å²) in [6.07, 6.45) is 3.17. The maximum absolute atomic E-state index is 12.4. The molecule has 0 fully saturated rings. The molecule has 0 spiro atoms. The Morgan fingerprint density at radius 1 is 1.38 bits per heavy atom. The molecule has 6 heteroatoms. The van der Waals surface area contributed by atoms with Crippen LogP contribution in [0, 0.1) is 0 Å². The lowest BCUT2D eigenvalue weighted by molar-refractivity contribution is 0.104. The predicted molar refractivity (Wildman–Crippen MR) is 82.5 cm³/mol. The molecule has 1 aromatic carbocycles. The number of ether oxygens (including phenoxy) is 1. The lowest BCUT2D eigenvalue weighted by atomic mass is 10.1. The van der Waals surface area contributed by atoms with Crippen molar-refractivity contribution < 1.29 is 18.3 Å². The molecule has 0 N–H and O–H groups in total. The van der Waals surface area contributed by atoms with Crippen molar-refractivity contribution in [2.75, 3.05) is 7.11 Å². The molecule has 0 aliphatic carbocycles. The minimum atomic E-state index is -2.53. The van der Waals surface area contributed by atoms with E-state index < -0.39 is 5.76 Å². The SMILES string of the molecule is COc1cc(C(=O)/C=C/c2ccsc2)ccc1SC(F)F. The summed E-state index contributed by atoms with van der Waals surface area (Å²) in [7, 11) is 1.39. The number of rotatable bonds is 6. The number of carbonyl (C=O) groups is 1. The normalized spacial score (nSPS) is 11.2. The molecule has 110 valence electrons. The second-order valence-corrected chi connectivity index (χ2v) is 5.81. The van der Waals surface area contributed by atoms with Gasteiger partial charge in [-0.2, -0.15) is 20.1 Å². The summed E-state index contributed by atoms with van der Waals surface area (Å²) in [5.74, 6) is -2.46. The van der Waals surface area contributed by atoms with E-state index in [1.54, 1.807) is 17.4 Å². The molecule has 0 saturated carbocycles. The Morgan fingerprint density at radius 2 is 2.19 bits per heavy atom. The summed E-state index contributed by atoms with van der Waals surface area (Å²) in [6.45, 7) is 0. The number of hydrogen-bond acceptors (Lipinski definition) is 4. The van der Waals surface area contributed by atoms with Gasteiger partial charge in [-0.1, -0.05) is 17.8 Å². The second kappa shape index (κ2) is 7.38. The van der Waals surface area contributed by atoms with Crippen molar-refractivity contribution in [1.82, 2.24) is 0 Å². The minimum absolute atomic E-state index is 0.201. The van der Waals surface area contributed by atoms with E-state index in [2.05, 4.69) is 0 Å². The minimum Gasteiger partial charge on any atom is -0.496 e. The van der Waals surface area contributed by atoms with Crippen LogP contribution in [0.1, 0.15) is 15.9 Å². The highest BCUT2D eigenvalue weighted by Crippen LogP contribution is 2.34. The highest BCUT2D eigenvalue weighted by atomic mass is 32.2. The molecule has 21 heavy (non-hydrogen) atoms. The molecular weight excluding hydrogens is 314 g/mol. The van der Waals surface area contributed by atoms with Crippen molar-refractivity contribution in [3.63, 3.8) is 0 Å². The smallest absolute Gasteiger partial charge is 0.289 e. The molecule has 0 bridgehead atoms. The third-order valence-corrected chi connectivity index (χ3v) is 4.11. The number of carbonyl (C=O) groups excluding carboxylic acids is 1. The van der Waals surface area contributed by atoms with Crippen LogP contribution in [-0.4, -0.2) is 18.7 Å². The largest absolute Gasteiger partial charge is 0.496 e. The van der Waals surface area contributed by atoms with Crippen LogP contribution in [0.4, 0.5) is 8.78 Å². The molecule has 2 rings (SSSR count). The van der Waals surface area contributed by atoms with E-state index >= 15 is 0 Å². The highest BCUT2D eigenvalue weighted by molar-refractivity contribution is 7.99. The zero-order valence-electron chi connectivity index (χ0n) is 11.1. The van der Waals surface area contributed by atoms with Gasteiger partial charge in [0.15, 0.2) is 5.78 Å². The number of ketones is 1. The van der Waals surface area contributed by atoms with Crippen molar-refractivity contribution in [2.24, 2.45) is 0 Å². The lowest BCUT2D eigenvalue weighted by Crippen LogP contribution is -1.97. The Morgan fingerprint density at radius 3 is 2.81 bits per heavy atom. The van der Waals surface area contributed by atoms with Gasteiger partial charge in [-0.25, -0.2) is 0 Å². The average Bonchev–Trinajstić information content (AvgIpc) is 2.98. The number of halogens is 2. The number of hydrogen-bond donors (Lipinski definition) is 0. The standard InChI is InChI=1S/C15H12F2O2S2/c1-19-13-8-11(3-5-14(13)21-15(16)17)12(18)4-2-10-6-7-20-9-10/h2-9,15H,1H3/b4-2+. The van der Waals surface area contributed by atoms with Crippen molar-refractivity contribution in [3.05, 3.63) is 52.2 Å². The molecule has 0 saturated heterocycles. The first-order chi connectivity index (χ1) is 10.1. The third kappa shape index (κ3) is 4.41. The molecule has 0 aliphatic heterocycles. The first-order valence-corrected chi connectivity index (χ1v) is 7.80. The third-order valence-electron chi connectivity index (χ3n) is 2.63. The van der Waals surface area contributed by atoms with Crippen LogP contribution in [0.3, 0.4) is 0 Å². The molecule has 0 radical (unpaired) electrons. The molecule has 0 aliphatic rings. The van der Waals surface area contributed by atoms with E-state index in [4.69, 9.17) is 4.74 Å². The quantitative estimate of drug-likeness (QED) is 0.426. The van der Waals surface area contributed by atoms with Gasteiger partial charge in [-0.15, -0.1) is 0 Å². The van der Waals surface area contributed by atoms with E-state index in [-0.39, 0.29) is 11.5 Å². The van der Waals surface area contributed by atoms with Gasteiger partial charge in [-0.3, -0.25) is 4.79 Å². The van der Waals surface area contributed by atoms with Crippen LogP contribution in [0.25, 0.3) is 6.08 Å². The van der Waals surface area contributed by atoms with E-state index in [1.165, 1.54) is 31.4 Å². The topological polar surface area (TPSA) is 26.3 Å². The molecule has 0 amide bonds. The average molecular weight is 326 g/mol. The number of methoxy groups -OCH3 is 1. The lowest BCUT2D eigenvalue weighted by Gasteiger charge is -2.08. The zero-order chi connectivity index (χ0) is 15.2. The van der Waals surface area contributed by atoms with E-state index in [9.17, 15) is 13.6 Å². The Balaban J connectivity index is 2.18. The fourth-order valence-electron chi connectivity index (χ4n) is 1.65. The monoisotopic (exact) mass is 326 g/mol. The van der Waals surface area contributed by atoms with Gasteiger partial charge in [0, 0.05) is 5.56 Å². The fourth-order valence-corrected chi connectivity index (χ4v) is 2.88. The van der Waals surface area contributed by atoms with E-state index in [0.717, 1.165) is 5.56 Å². The number of alkyl halides is 2. The molecule has 1 heterocycles. The van der Waals surface area contributed by atoms with Gasteiger partial charge in [0.2, 0.25) is 0 Å². The summed E-state index contributed by atoms with van der Waals surface area (Å²) in [6, 6.07) is 6.37. The molecule has 2 nitrogen and oxygen atoms in total. The highest BCUT2D eigenvalue weighted by Gasteiger charge is 2.13. The molecule has 1 aromatic heterocycles. The van der Waals surface area contributed by atoms with Gasteiger partial charge < -0.3 is 4.74 Å². The van der Waals surface area contributed by atoms with Gasteiger partial charge in [0.1, 0.15) is 5.75 Å². The van der Waals surface area contributed by atoms with Crippen molar-refractivity contribution >= 4 is 35.0 Å². The summed E-state index contributed by atoms with van der Waals surface area (Å²) >= 11 is 1.94. The summed E-state index contributed by atoms with van der Waals surface area (Å²) in [5.41, 5.74) is 1.35. The van der Waals surface area contributed by atoms with Crippen molar-refractivity contribution in [1.29, 1.82) is 0 Å². The van der Waals surface area contributed by atoms with Crippen LogP contribution in [0.5, 0.6) is 5.75 Å². The number of benzene rings is 1. The van der Waals surface area contributed by atoms with Crippen LogP contribution in [-0.2, 0) is 0 Å². The summed E-state index contributed by atoms with van der Waals surface area (Å²) < 4.78 is 29.9. The van der Waals surface area contributed by atoms with E-state index in [0.29, 0.717) is 22.2 Å². The van der Waals surface area contributed by atoms with Crippen LogP contribution in [0.15, 0.2) is 46.0 Å². The number of allylic oxidation sites excluding steroid dienone is 1. The molecule has 0 unspecified atom stereocenters. The maximum Gasteiger partial charge on any atom is 0.289 e. The van der Waals surface area contributed by atoms with Crippen LogP contribution >= 0.6 is 23.1 Å². The van der Waals surface area contributed by atoms with E-state index in [1.807, 2.05) is 16.8 Å². The van der Waals surface area contributed by atoms with Gasteiger partial charge in [0.05, 0.1) is 12.0 Å². The summed E-state index contributed by atoms with van der Waals surface area (Å²) in [4.78, 5) is 12.4. The fraction of sp³-hybridized carbons (Fsp3) is 0.133. The Bertz CT molecular complexity index is 637. The second-order valence-electron chi connectivity index (χ2n) is 4.00. The Labute approximate surface area is 129 Å². The van der Waals surface area contributed by atoms with Crippen molar-refractivity contribution in [2.45, 2.75) is 10.7 Å². The number of thiophene rings is 1. The molecule has 0 atom stereocenters. The molecule has 2 aromatic rings. The predicted octanol–water partition coefficient (Wildman–Crippen LogP) is 4.97. The number of thioether (sulfide) groups is 1. The van der Waals surface area contributed by atoms with Gasteiger partial charge in [0.25, 0.3) is 5.76 Å². The van der Waals surface area contributed by atoms with Crippen LogP contribution in [0.2, 0.25) is 0 Å². The molecular formula is C15H12F2O2S2.